The Kier molecular flexibility index (Phi) is 3.87. The lowest BCUT2D eigenvalue weighted by Gasteiger charge is -2.08. The number of ether oxygens (including phenoxy) is 3. The molecule has 1 aromatic heterocycles. The molecule has 1 N–H and O–H groups in total. The predicted molar refractivity (Wildman–Crippen MR) is 103 cm³/mol. The molecule has 0 atom stereocenters. The van der Waals surface area contributed by atoms with Gasteiger partial charge >= 0.3 is 0 Å². The zero-order valence-electron chi connectivity index (χ0n) is 14.7. The summed E-state index contributed by atoms with van der Waals surface area (Å²) in [6, 6.07) is 21.7. The van der Waals surface area contributed by atoms with Crippen molar-refractivity contribution in [3.63, 3.8) is 0 Å². The highest BCUT2D eigenvalue weighted by molar-refractivity contribution is 6.04. The van der Waals surface area contributed by atoms with Gasteiger partial charge in [0.15, 0.2) is 17.3 Å². The molecule has 4 aromatic rings. The number of anilines is 1. The van der Waals surface area contributed by atoms with E-state index < -0.39 is 0 Å². The van der Waals surface area contributed by atoms with Crippen molar-refractivity contribution in [3.05, 3.63) is 78.6 Å². The summed E-state index contributed by atoms with van der Waals surface area (Å²) in [5, 5.41) is 3.71. The molecule has 0 radical (unpaired) electrons. The average Bonchev–Trinajstić information content (AvgIpc) is 3.35. The molecule has 1 aliphatic rings. The largest absolute Gasteiger partial charge is 0.457 e. The van der Waals surface area contributed by atoms with Crippen molar-refractivity contribution < 1.29 is 23.4 Å². The molecule has 0 aliphatic carbocycles. The van der Waals surface area contributed by atoms with Crippen LogP contribution in [-0.2, 0) is 0 Å². The maximum Gasteiger partial charge on any atom is 0.291 e. The minimum Gasteiger partial charge on any atom is -0.457 e. The number of nitrogens with one attached hydrogen (secondary N) is 1. The third-order valence-corrected chi connectivity index (χ3v) is 4.34. The Labute approximate surface area is 160 Å². The molecular weight excluding hydrogens is 358 g/mol. The number of hydrogen-bond acceptors (Lipinski definition) is 5. The Bertz CT molecular complexity index is 1130. The van der Waals surface area contributed by atoms with E-state index in [9.17, 15) is 4.79 Å². The van der Waals surface area contributed by atoms with Gasteiger partial charge in [0.1, 0.15) is 17.1 Å². The summed E-state index contributed by atoms with van der Waals surface area (Å²) in [6.45, 7) is 0.221. The second kappa shape index (κ2) is 6.66. The predicted octanol–water partition coefficient (Wildman–Crippen LogP) is 5.21. The summed E-state index contributed by atoms with van der Waals surface area (Å²) in [7, 11) is 0. The van der Waals surface area contributed by atoms with Crippen molar-refractivity contribution in [1.29, 1.82) is 0 Å². The normalized spacial score (nSPS) is 12.1. The van der Waals surface area contributed by atoms with Gasteiger partial charge < -0.3 is 23.9 Å². The monoisotopic (exact) mass is 373 g/mol. The Balaban J connectivity index is 1.27. The van der Waals surface area contributed by atoms with E-state index in [2.05, 4.69) is 5.32 Å². The summed E-state index contributed by atoms with van der Waals surface area (Å²) < 4.78 is 22.0. The molecular formula is C22H15NO5. The van der Waals surface area contributed by atoms with Gasteiger partial charge in [0.25, 0.3) is 5.91 Å². The van der Waals surface area contributed by atoms with E-state index in [1.807, 2.05) is 30.3 Å². The first kappa shape index (κ1) is 16.3. The third-order valence-electron chi connectivity index (χ3n) is 4.34. The molecule has 2 heterocycles. The number of benzene rings is 3. The fraction of sp³-hybridized carbons (Fsp3) is 0.0455. The van der Waals surface area contributed by atoms with Gasteiger partial charge in [0, 0.05) is 17.1 Å². The number of hydrogen-bond donors (Lipinski definition) is 1. The topological polar surface area (TPSA) is 69.9 Å². The number of para-hydroxylation sites is 1. The number of carbonyl (C=O) groups excluding carboxylic acids is 1. The van der Waals surface area contributed by atoms with E-state index in [-0.39, 0.29) is 18.5 Å². The van der Waals surface area contributed by atoms with Gasteiger partial charge in [-0.1, -0.05) is 18.2 Å². The van der Waals surface area contributed by atoms with Crippen LogP contribution in [0, 0.1) is 0 Å². The molecule has 28 heavy (non-hydrogen) atoms. The van der Waals surface area contributed by atoms with Crippen LogP contribution in [0.2, 0.25) is 0 Å². The maximum absolute atomic E-state index is 12.4. The van der Waals surface area contributed by atoms with Crippen LogP contribution in [0.25, 0.3) is 11.0 Å². The summed E-state index contributed by atoms with van der Waals surface area (Å²) in [4.78, 5) is 12.4. The van der Waals surface area contributed by atoms with Crippen molar-refractivity contribution in [3.8, 4) is 23.0 Å². The van der Waals surface area contributed by atoms with Crippen molar-refractivity contribution in [2.45, 2.75) is 0 Å². The SMILES string of the molecule is O=C(Nc1ccc(Oc2ccc3c(c2)OCO3)cc1)c1cc2ccccc2o1. The molecule has 0 saturated carbocycles. The first-order chi connectivity index (χ1) is 13.7. The molecule has 0 unspecified atom stereocenters. The van der Waals surface area contributed by atoms with Crippen molar-refractivity contribution in [1.82, 2.24) is 0 Å². The van der Waals surface area contributed by atoms with Gasteiger partial charge in [-0.15, -0.1) is 0 Å². The van der Waals surface area contributed by atoms with E-state index in [0.717, 1.165) is 5.39 Å². The summed E-state index contributed by atoms with van der Waals surface area (Å²) >= 11 is 0. The molecule has 5 rings (SSSR count). The highest BCUT2D eigenvalue weighted by Gasteiger charge is 2.15. The number of amides is 1. The fourth-order valence-corrected chi connectivity index (χ4v) is 2.97. The molecule has 0 spiro atoms. The molecule has 0 fully saturated rings. The number of carbonyl (C=O) groups is 1. The van der Waals surface area contributed by atoms with Crippen LogP contribution in [0.1, 0.15) is 10.6 Å². The highest BCUT2D eigenvalue weighted by Crippen LogP contribution is 2.36. The van der Waals surface area contributed by atoms with Gasteiger partial charge in [0.2, 0.25) is 6.79 Å². The Morgan fingerprint density at radius 1 is 0.857 bits per heavy atom. The third kappa shape index (κ3) is 3.12. The molecule has 1 amide bonds. The zero-order valence-corrected chi connectivity index (χ0v) is 14.7. The molecule has 0 saturated heterocycles. The van der Waals surface area contributed by atoms with E-state index in [0.29, 0.717) is 34.3 Å². The van der Waals surface area contributed by atoms with Crippen LogP contribution in [0.15, 0.2) is 77.2 Å². The van der Waals surface area contributed by atoms with Crippen molar-refractivity contribution in [2.75, 3.05) is 12.1 Å². The maximum atomic E-state index is 12.4. The minimum atomic E-state index is -0.305. The van der Waals surface area contributed by atoms with E-state index >= 15 is 0 Å². The summed E-state index contributed by atoms with van der Waals surface area (Å²) in [6.07, 6.45) is 0. The zero-order chi connectivity index (χ0) is 18.9. The van der Waals surface area contributed by atoms with E-state index in [1.54, 1.807) is 42.5 Å². The number of rotatable bonds is 4. The Morgan fingerprint density at radius 3 is 2.50 bits per heavy atom. The standard InChI is InChI=1S/C22H15NO5/c24-22(21-11-14-3-1-2-4-18(14)28-21)23-15-5-7-16(8-6-15)27-17-9-10-19-20(12-17)26-13-25-19/h1-12H,13H2,(H,23,24). The fourth-order valence-electron chi connectivity index (χ4n) is 2.97. The van der Waals surface area contributed by atoms with Crippen molar-refractivity contribution in [2.24, 2.45) is 0 Å². The second-order valence-electron chi connectivity index (χ2n) is 6.24. The lowest BCUT2D eigenvalue weighted by Crippen LogP contribution is -2.10. The molecule has 1 aliphatic heterocycles. The van der Waals surface area contributed by atoms with Gasteiger partial charge in [-0.2, -0.15) is 0 Å². The first-order valence-electron chi connectivity index (χ1n) is 8.72. The number of furan rings is 1. The Morgan fingerprint density at radius 2 is 1.64 bits per heavy atom. The molecule has 6 heteroatoms. The molecule has 6 nitrogen and oxygen atoms in total. The Hall–Kier alpha value is -3.93. The summed E-state index contributed by atoms with van der Waals surface area (Å²) in [5.74, 6) is 2.61. The molecule has 138 valence electrons. The van der Waals surface area contributed by atoms with Gasteiger partial charge in [0.05, 0.1) is 0 Å². The molecule has 3 aromatic carbocycles. The lowest BCUT2D eigenvalue weighted by molar-refractivity contribution is 0.0998. The second-order valence-corrected chi connectivity index (χ2v) is 6.24. The average molecular weight is 373 g/mol. The highest BCUT2D eigenvalue weighted by atomic mass is 16.7. The van der Waals surface area contributed by atoms with Crippen LogP contribution in [0.4, 0.5) is 5.69 Å². The minimum absolute atomic E-state index is 0.221. The lowest BCUT2D eigenvalue weighted by atomic mass is 10.2. The molecule has 0 bridgehead atoms. The smallest absolute Gasteiger partial charge is 0.291 e. The van der Waals surface area contributed by atoms with Crippen LogP contribution >= 0.6 is 0 Å². The van der Waals surface area contributed by atoms with E-state index in [1.165, 1.54) is 0 Å². The van der Waals surface area contributed by atoms with Crippen LogP contribution in [-0.4, -0.2) is 12.7 Å². The van der Waals surface area contributed by atoms with Gasteiger partial charge in [-0.25, -0.2) is 0 Å². The van der Waals surface area contributed by atoms with Crippen LogP contribution in [0.5, 0.6) is 23.0 Å². The first-order valence-corrected chi connectivity index (χ1v) is 8.72. The van der Waals surface area contributed by atoms with E-state index in [4.69, 9.17) is 18.6 Å². The van der Waals surface area contributed by atoms with Gasteiger partial charge in [-0.3, -0.25) is 4.79 Å². The van der Waals surface area contributed by atoms with Gasteiger partial charge in [-0.05, 0) is 48.5 Å². The van der Waals surface area contributed by atoms with Crippen LogP contribution < -0.4 is 19.5 Å². The van der Waals surface area contributed by atoms with Crippen molar-refractivity contribution >= 4 is 22.6 Å². The number of fused-ring (bicyclic) bond motifs is 2. The van der Waals surface area contributed by atoms with Crippen LogP contribution in [0.3, 0.4) is 0 Å². The summed E-state index contributed by atoms with van der Waals surface area (Å²) in [5.41, 5.74) is 1.32. The quantitative estimate of drug-likeness (QED) is 0.532.